The summed E-state index contributed by atoms with van der Waals surface area (Å²) >= 11 is 0. The lowest BCUT2D eigenvalue weighted by Crippen LogP contribution is -2.44. The number of nitro benzene ring substituents is 1. The first-order chi connectivity index (χ1) is 13.6. The number of esters is 1. The monoisotopic (exact) mass is 400 g/mol. The molecule has 0 saturated carbocycles. The maximum absolute atomic E-state index is 12.6. The lowest BCUT2D eigenvalue weighted by molar-refractivity contribution is -0.385. The molecule has 2 rings (SSSR count). The van der Waals surface area contributed by atoms with E-state index in [2.05, 4.69) is 5.32 Å². The molecule has 2 aromatic rings. The molecule has 8 nitrogen and oxygen atoms in total. The second-order valence-electron chi connectivity index (χ2n) is 7.54. The minimum Gasteiger partial charge on any atom is -0.502 e. The van der Waals surface area contributed by atoms with Crippen LogP contribution in [0.2, 0.25) is 0 Å². The molecule has 2 N–H and O–H groups in total. The van der Waals surface area contributed by atoms with Gasteiger partial charge in [-0.15, -0.1) is 0 Å². The molecule has 0 aromatic heterocycles. The SMILES string of the molecule is CC(C)(C)OC(=O)[C@H](CCc1ccccc1)NC(=O)c1ccc([N+](=O)[O-])c(O)c1. The van der Waals surface area contributed by atoms with Gasteiger partial charge >= 0.3 is 11.7 Å². The Morgan fingerprint density at radius 2 is 1.83 bits per heavy atom. The molecule has 0 saturated heterocycles. The van der Waals surface area contributed by atoms with Gasteiger partial charge < -0.3 is 15.2 Å². The number of benzene rings is 2. The van der Waals surface area contributed by atoms with Gasteiger partial charge in [-0.2, -0.15) is 0 Å². The van der Waals surface area contributed by atoms with Gasteiger partial charge in [-0.25, -0.2) is 4.79 Å². The first-order valence-corrected chi connectivity index (χ1v) is 9.12. The van der Waals surface area contributed by atoms with Crippen molar-refractivity contribution in [1.82, 2.24) is 5.32 Å². The summed E-state index contributed by atoms with van der Waals surface area (Å²) < 4.78 is 5.41. The molecule has 8 heteroatoms. The van der Waals surface area contributed by atoms with Crippen LogP contribution in [0.15, 0.2) is 48.5 Å². The fraction of sp³-hybridized carbons (Fsp3) is 0.333. The number of phenols is 1. The summed E-state index contributed by atoms with van der Waals surface area (Å²) in [6.45, 7) is 5.19. The van der Waals surface area contributed by atoms with Crippen LogP contribution in [0.25, 0.3) is 0 Å². The Morgan fingerprint density at radius 1 is 1.17 bits per heavy atom. The number of ether oxygens (including phenoxy) is 1. The number of amides is 1. The van der Waals surface area contributed by atoms with Gasteiger partial charge in [0.25, 0.3) is 5.91 Å². The van der Waals surface area contributed by atoms with E-state index in [1.165, 1.54) is 6.07 Å². The van der Waals surface area contributed by atoms with E-state index in [1.807, 2.05) is 30.3 Å². The van der Waals surface area contributed by atoms with Crippen molar-refractivity contribution in [2.24, 2.45) is 0 Å². The number of hydrogen-bond donors (Lipinski definition) is 2. The summed E-state index contributed by atoms with van der Waals surface area (Å²) in [4.78, 5) is 35.2. The highest BCUT2D eigenvalue weighted by Crippen LogP contribution is 2.26. The molecular formula is C21H24N2O6. The molecule has 0 unspecified atom stereocenters. The highest BCUT2D eigenvalue weighted by molar-refractivity contribution is 5.97. The van der Waals surface area contributed by atoms with E-state index in [4.69, 9.17) is 4.74 Å². The number of nitrogens with zero attached hydrogens (tertiary/aromatic N) is 1. The minimum atomic E-state index is -0.917. The number of phenolic OH excluding ortho intramolecular Hbond substituents is 1. The first-order valence-electron chi connectivity index (χ1n) is 9.12. The standard InChI is InChI=1S/C21H24N2O6/c1-21(2,3)29-20(26)16(11-9-14-7-5-4-6-8-14)22-19(25)15-10-12-17(23(27)28)18(24)13-15/h4-8,10,12-13,16,24H,9,11H2,1-3H3,(H,22,25)/t16-/m0/s1. The average Bonchev–Trinajstić information content (AvgIpc) is 2.63. The van der Waals surface area contributed by atoms with Crippen LogP contribution in [-0.4, -0.2) is 33.5 Å². The van der Waals surface area contributed by atoms with Crippen LogP contribution in [-0.2, 0) is 16.0 Å². The van der Waals surface area contributed by atoms with Crippen molar-refractivity contribution < 1.29 is 24.4 Å². The van der Waals surface area contributed by atoms with Crippen LogP contribution >= 0.6 is 0 Å². The van der Waals surface area contributed by atoms with Gasteiger partial charge in [0.15, 0.2) is 5.75 Å². The number of hydrogen-bond acceptors (Lipinski definition) is 6. The molecule has 0 radical (unpaired) electrons. The molecule has 0 aliphatic carbocycles. The highest BCUT2D eigenvalue weighted by Gasteiger charge is 2.27. The third kappa shape index (κ3) is 6.60. The predicted molar refractivity (Wildman–Crippen MR) is 107 cm³/mol. The fourth-order valence-electron chi connectivity index (χ4n) is 2.64. The van der Waals surface area contributed by atoms with Gasteiger partial charge in [0, 0.05) is 11.6 Å². The Kier molecular flexibility index (Phi) is 6.93. The number of nitrogens with one attached hydrogen (secondary N) is 1. The minimum absolute atomic E-state index is 0.00127. The third-order valence-electron chi connectivity index (χ3n) is 4.00. The van der Waals surface area contributed by atoms with Gasteiger partial charge in [-0.05, 0) is 51.3 Å². The molecule has 1 atom stereocenters. The molecule has 29 heavy (non-hydrogen) atoms. The van der Waals surface area contributed by atoms with Crippen molar-refractivity contribution in [2.45, 2.75) is 45.3 Å². The molecule has 0 fully saturated rings. The van der Waals surface area contributed by atoms with E-state index in [9.17, 15) is 24.8 Å². The van der Waals surface area contributed by atoms with Crippen LogP contribution < -0.4 is 5.32 Å². The van der Waals surface area contributed by atoms with E-state index >= 15 is 0 Å². The van der Waals surface area contributed by atoms with E-state index in [0.29, 0.717) is 12.8 Å². The topological polar surface area (TPSA) is 119 Å². The van der Waals surface area contributed by atoms with Crippen molar-refractivity contribution in [1.29, 1.82) is 0 Å². The van der Waals surface area contributed by atoms with Crippen LogP contribution in [0.1, 0.15) is 43.1 Å². The third-order valence-corrected chi connectivity index (χ3v) is 4.00. The summed E-state index contributed by atoms with van der Waals surface area (Å²) in [7, 11) is 0. The van der Waals surface area contributed by atoms with Crippen molar-refractivity contribution >= 4 is 17.6 Å². The molecule has 0 bridgehead atoms. The Labute approximate surface area is 168 Å². The summed E-state index contributed by atoms with van der Waals surface area (Å²) in [6, 6.07) is 11.8. The largest absolute Gasteiger partial charge is 0.502 e. The summed E-state index contributed by atoms with van der Waals surface area (Å²) in [5.41, 5.74) is -0.225. The van der Waals surface area contributed by atoms with Crippen molar-refractivity contribution in [3.05, 3.63) is 69.8 Å². The lowest BCUT2D eigenvalue weighted by Gasteiger charge is -2.24. The first kappa shape index (κ1) is 21.9. The fourth-order valence-corrected chi connectivity index (χ4v) is 2.64. The van der Waals surface area contributed by atoms with Gasteiger partial charge in [-0.1, -0.05) is 30.3 Å². The molecular weight excluding hydrogens is 376 g/mol. The highest BCUT2D eigenvalue weighted by atomic mass is 16.6. The number of carbonyl (C=O) groups excluding carboxylic acids is 2. The van der Waals surface area contributed by atoms with E-state index in [-0.39, 0.29) is 5.56 Å². The van der Waals surface area contributed by atoms with Crippen LogP contribution in [0.4, 0.5) is 5.69 Å². The zero-order valence-corrected chi connectivity index (χ0v) is 16.5. The maximum atomic E-state index is 12.6. The van der Waals surface area contributed by atoms with E-state index in [1.54, 1.807) is 20.8 Å². The molecule has 0 spiro atoms. The molecule has 0 heterocycles. The van der Waals surface area contributed by atoms with Gasteiger partial charge in [0.1, 0.15) is 11.6 Å². The Balaban J connectivity index is 2.16. The van der Waals surface area contributed by atoms with Crippen molar-refractivity contribution in [3.8, 4) is 5.75 Å². The number of carbonyl (C=O) groups is 2. The number of nitro groups is 1. The molecule has 0 aliphatic heterocycles. The average molecular weight is 400 g/mol. The van der Waals surface area contributed by atoms with Gasteiger partial charge in [0.05, 0.1) is 4.92 Å². The lowest BCUT2D eigenvalue weighted by atomic mass is 10.0. The Morgan fingerprint density at radius 3 is 2.38 bits per heavy atom. The Bertz CT molecular complexity index is 890. The Hall–Kier alpha value is -3.42. The summed E-state index contributed by atoms with van der Waals surface area (Å²) in [5, 5.41) is 23.2. The molecule has 0 aliphatic rings. The quantitative estimate of drug-likeness (QED) is 0.418. The smallest absolute Gasteiger partial charge is 0.329 e. The zero-order valence-electron chi connectivity index (χ0n) is 16.5. The van der Waals surface area contributed by atoms with Crippen LogP contribution in [0.3, 0.4) is 0 Å². The molecule has 1 amide bonds. The van der Waals surface area contributed by atoms with Gasteiger partial charge in [-0.3, -0.25) is 14.9 Å². The number of aryl methyl sites for hydroxylation is 1. The molecule has 154 valence electrons. The summed E-state index contributed by atoms with van der Waals surface area (Å²) in [5.74, 6) is -1.84. The summed E-state index contributed by atoms with van der Waals surface area (Å²) in [6.07, 6.45) is 0.847. The number of rotatable bonds is 7. The normalized spacial score (nSPS) is 12.1. The van der Waals surface area contributed by atoms with Gasteiger partial charge in [0.2, 0.25) is 0 Å². The van der Waals surface area contributed by atoms with Crippen LogP contribution in [0, 0.1) is 10.1 Å². The van der Waals surface area contributed by atoms with Crippen LogP contribution in [0.5, 0.6) is 5.75 Å². The number of aromatic hydroxyl groups is 1. The van der Waals surface area contributed by atoms with Crippen molar-refractivity contribution in [3.63, 3.8) is 0 Å². The predicted octanol–water partition coefficient (Wildman–Crippen LogP) is 3.37. The zero-order chi connectivity index (χ0) is 21.6. The van der Waals surface area contributed by atoms with Crippen molar-refractivity contribution in [2.75, 3.05) is 0 Å². The van der Waals surface area contributed by atoms with E-state index in [0.717, 1.165) is 17.7 Å². The maximum Gasteiger partial charge on any atom is 0.329 e. The second-order valence-corrected chi connectivity index (χ2v) is 7.54. The second kappa shape index (κ2) is 9.18. The molecule has 2 aromatic carbocycles. The van der Waals surface area contributed by atoms with E-state index < -0.39 is 39.9 Å².